The summed E-state index contributed by atoms with van der Waals surface area (Å²) < 4.78 is 32.1. The number of hydrogen-bond donors (Lipinski definition) is 1. The fourth-order valence-electron chi connectivity index (χ4n) is 3.46. The fraction of sp³-hybridized carbons (Fsp3) is 0.0741. The Kier molecular flexibility index (Phi) is 7.84. The number of benzene rings is 4. The number of hydrogen-bond acceptors (Lipinski definition) is 4. The lowest BCUT2D eigenvalue weighted by Crippen LogP contribution is -2.29. The Morgan fingerprint density at radius 3 is 2.22 bits per heavy atom. The summed E-state index contributed by atoms with van der Waals surface area (Å²) in [6.07, 6.45) is 1.10. The highest BCUT2D eigenvalue weighted by Crippen LogP contribution is 2.34. The number of anilines is 2. The molecule has 9 heteroatoms. The van der Waals surface area contributed by atoms with Crippen molar-refractivity contribution in [3.63, 3.8) is 0 Å². The standard InChI is InChI=1S/C27H22Cl2N2O4S/c1-36(33,34)31(24-12-7-10-22(28)26(24)29)18-19-14-16-20(17-15-19)27(32)30-23-11-5-6-13-25(23)35-21-8-3-2-4-9-21/h2-17H,18H2,1H3,(H,30,32). The number of sulfonamides is 1. The molecule has 1 amide bonds. The molecule has 4 rings (SSSR count). The Morgan fingerprint density at radius 2 is 1.53 bits per heavy atom. The Morgan fingerprint density at radius 1 is 0.861 bits per heavy atom. The van der Waals surface area contributed by atoms with Crippen LogP contribution in [-0.2, 0) is 16.6 Å². The molecule has 0 radical (unpaired) electrons. The number of nitrogens with zero attached hydrogens (tertiary/aromatic N) is 1. The van der Waals surface area contributed by atoms with Crippen molar-refractivity contribution in [3.05, 3.63) is 118 Å². The van der Waals surface area contributed by atoms with Gasteiger partial charge in [0.1, 0.15) is 5.75 Å². The van der Waals surface area contributed by atoms with E-state index in [4.69, 9.17) is 27.9 Å². The van der Waals surface area contributed by atoms with Crippen molar-refractivity contribution in [2.75, 3.05) is 15.9 Å². The molecular formula is C27H22Cl2N2O4S. The van der Waals surface area contributed by atoms with E-state index < -0.39 is 10.0 Å². The topological polar surface area (TPSA) is 75.7 Å². The minimum atomic E-state index is -3.66. The van der Waals surface area contributed by atoms with E-state index in [1.165, 1.54) is 4.31 Å². The zero-order valence-electron chi connectivity index (χ0n) is 19.2. The molecule has 4 aromatic rings. The van der Waals surface area contributed by atoms with Crippen molar-refractivity contribution in [3.8, 4) is 11.5 Å². The Hall–Kier alpha value is -3.52. The van der Waals surface area contributed by atoms with E-state index in [2.05, 4.69) is 5.32 Å². The molecule has 0 spiro atoms. The average Bonchev–Trinajstić information content (AvgIpc) is 2.86. The van der Waals surface area contributed by atoms with Crippen molar-refractivity contribution < 1.29 is 17.9 Å². The predicted molar refractivity (Wildman–Crippen MR) is 145 cm³/mol. The molecule has 0 heterocycles. The van der Waals surface area contributed by atoms with Crippen molar-refractivity contribution in [2.24, 2.45) is 0 Å². The number of halogens is 2. The molecule has 0 saturated carbocycles. The van der Waals surface area contributed by atoms with E-state index in [1.807, 2.05) is 36.4 Å². The van der Waals surface area contributed by atoms with Crippen molar-refractivity contribution >= 4 is 50.5 Å². The molecular weight excluding hydrogens is 519 g/mol. The quantitative estimate of drug-likeness (QED) is 0.261. The highest BCUT2D eigenvalue weighted by Gasteiger charge is 2.22. The molecule has 0 aliphatic heterocycles. The molecule has 0 saturated heterocycles. The van der Waals surface area contributed by atoms with E-state index in [0.29, 0.717) is 28.3 Å². The van der Waals surface area contributed by atoms with Gasteiger partial charge in [0.2, 0.25) is 10.0 Å². The molecule has 0 bridgehead atoms. The second-order valence-electron chi connectivity index (χ2n) is 7.90. The number of rotatable bonds is 8. The number of ether oxygens (including phenoxy) is 1. The molecule has 36 heavy (non-hydrogen) atoms. The van der Waals surface area contributed by atoms with Crippen LogP contribution < -0.4 is 14.4 Å². The summed E-state index contributed by atoms with van der Waals surface area (Å²) in [6.45, 7) is 0.0224. The first-order valence-electron chi connectivity index (χ1n) is 10.9. The van der Waals surface area contributed by atoms with Crippen LogP contribution in [0.25, 0.3) is 0 Å². The van der Waals surface area contributed by atoms with E-state index >= 15 is 0 Å². The van der Waals surface area contributed by atoms with Crippen LogP contribution in [0.5, 0.6) is 11.5 Å². The van der Waals surface area contributed by atoms with Gasteiger partial charge in [0, 0.05) is 5.56 Å². The van der Waals surface area contributed by atoms with Gasteiger partial charge in [0.25, 0.3) is 5.91 Å². The molecule has 0 aliphatic rings. The summed E-state index contributed by atoms with van der Waals surface area (Å²) in [5.41, 5.74) is 1.87. The minimum Gasteiger partial charge on any atom is -0.455 e. The van der Waals surface area contributed by atoms with Crippen LogP contribution in [0.15, 0.2) is 97.1 Å². The van der Waals surface area contributed by atoms with Crippen molar-refractivity contribution in [2.45, 2.75) is 6.54 Å². The van der Waals surface area contributed by atoms with Gasteiger partial charge < -0.3 is 10.1 Å². The zero-order valence-corrected chi connectivity index (χ0v) is 21.5. The summed E-state index contributed by atoms with van der Waals surface area (Å²) in [5, 5.41) is 3.27. The largest absolute Gasteiger partial charge is 0.455 e. The molecule has 4 aromatic carbocycles. The van der Waals surface area contributed by atoms with Crippen molar-refractivity contribution in [1.82, 2.24) is 0 Å². The monoisotopic (exact) mass is 540 g/mol. The van der Waals surface area contributed by atoms with E-state index in [0.717, 1.165) is 6.26 Å². The van der Waals surface area contributed by atoms with Crippen LogP contribution in [0.3, 0.4) is 0 Å². The number of carbonyl (C=O) groups is 1. The first-order valence-corrected chi connectivity index (χ1v) is 13.5. The van der Waals surface area contributed by atoms with Gasteiger partial charge in [-0.2, -0.15) is 0 Å². The fourth-order valence-corrected chi connectivity index (χ4v) is 4.80. The van der Waals surface area contributed by atoms with Gasteiger partial charge in [-0.15, -0.1) is 0 Å². The minimum absolute atomic E-state index is 0.0224. The maximum Gasteiger partial charge on any atom is 0.255 e. The van der Waals surface area contributed by atoms with Gasteiger partial charge in [0.15, 0.2) is 5.75 Å². The van der Waals surface area contributed by atoms with E-state index in [-0.39, 0.29) is 28.2 Å². The molecule has 0 aliphatic carbocycles. The second kappa shape index (κ2) is 11.0. The van der Waals surface area contributed by atoms with Gasteiger partial charge in [-0.25, -0.2) is 8.42 Å². The van der Waals surface area contributed by atoms with Gasteiger partial charge >= 0.3 is 0 Å². The van der Waals surface area contributed by atoms with Crippen molar-refractivity contribution in [1.29, 1.82) is 0 Å². The molecule has 184 valence electrons. The molecule has 0 aromatic heterocycles. The molecule has 0 fully saturated rings. The third kappa shape index (κ3) is 6.18. The SMILES string of the molecule is CS(=O)(=O)N(Cc1ccc(C(=O)Nc2ccccc2Oc2ccccc2)cc1)c1cccc(Cl)c1Cl. The third-order valence-corrected chi connectivity index (χ3v) is 7.18. The lowest BCUT2D eigenvalue weighted by Gasteiger charge is -2.24. The summed E-state index contributed by atoms with van der Waals surface area (Å²) in [6, 6.07) is 27.9. The lowest BCUT2D eigenvalue weighted by molar-refractivity contribution is 0.102. The lowest BCUT2D eigenvalue weighted by atomic mass is 10.1. The van der Waals surface area contributed by atoms with E-state index in [9.17, 15) is 13.2 Å². The van der Waals surface area contributed by atoms with Crippen LogP contribution in [0.4, 0.5) is 11.4 Å². The first kappa shape index (κ1) is 25.6. The molecule has 0 atom stereocenters. The summed E-state index contributed by atoms with van der Waals surface area (Å²) >= 11 is 12.3. The molecule has 1 N–H and O–H groups in total. The number of para-hydroxylation sites is 3. The van der Waals surface area contributed by atoms with Gasteiger partial charge in [-0.3, -0.25) is 9.10 Å². The Balaban J connectivity index is 1.51. The predicted octanol–water partition coefficient (Wildman–Crippen LogP) is 7.00. The summed E-state index contributed by atoms with van der Waals surface area (Å²) in [5.74, 6) is 0.832. The van der Waals surface area contributed by atoms with Crippen LogP contribution in [0.2, 0.25) is 10.0 Å². The number of carbonyl (C=O) groups excluding carboxylic acids is 1. The Bertz CT molecular complexity index is 1480. The van der Waals surface area contributed by atoms with Gasteiger partial charge in [-0.05, 0) is 54.1 Å². The third-order valence-electron chi connectivity index (χ3n) is 5.25. The normalized spacial score (nSPS) is 11.1. The maximum absolute atomic E-state index is 12.9. The first-order chi connectivity index (χ1) is 17.2. The zero-order chi connectivity index (χ0) is 25.7. The average molecular weight is 541 g/mol. The maximum atomic E-state index is 12.9. The molecule has 6 nitrogen and oxygen atoms in total. The highest BCUT2D eigenvalue weighted by atomic mass is 35.5. The Labute approximate surface area is 220 Å². The molecule has 0 unspecified atom stereocenters. The number of amides is 1. The second-order valence-corrected chi connectivity index (χ2v) is 10.6. The smallest absolute Gasteiger partial charge is 0.255 e. The van der Waals surface area contributed by atoms with Crippen LogP contribution >= 0.6 is 23.2 Å². The number of nitrogens with one attached hydrogen (secondary N) is 1. The van der Waals surface area contributed by atoms with Crippen LogP contribution in [0.1, 0.15) is 15.9 Å². The van der Waals surface area contributed by atoms with Crippen LogP contribution in [0, 0.1) is 0 Å². The highest BCUT2D eigenvalue weighted by molar-refractivity contribution is 7.92. The summed E-state index contributed by atoms with van der Waals surface area (Å²) in [4.78, 5) is 12.9. The van der Waals surface area contributed by atoms with E-state index in [1.54, 1.807) is 60.7 Å². The van der Waals surface area contributed by atoms with Gasteiger partial charge in [0.05, 0.1) is 34.2 Å². The van der Waals surface area contributed by atoms with Gasteiger partial charge in [-0.1, -0.05) is 71.7 Å². The summed E-state index contributed by atoms with van der Waals surface area (Å²) in [7, 11) is -3.66. The van der Waals surface area contributed by atoms with Crippen LogP contribution in [-0.4, -0.2) is 20.6 Å².